The minimum Gasteiger partial charge on any atom is -0.489 e. The van der Waals surface area contributed by atoms with Gasteiger partial charge in [-0.1, -0.05) is 53.6 Å². The molecule has 0 aliphatic carbocycles. The first kappa shape index (κ1) is 36.7. The molecule has 1 aliphatic rings. The van der Waals surface area contributed by atoms with Gasteiger partial charge in [0.2, 0.25) is 5.91 Å². The van der Waals surface area contributed by atoms with Crippen molar-refractivity contribution in [3.05, 3.63) is 63.6 Å². The molecule has 0 spiro atoms. The van der Waals surface area contributed by atoms with E-state index in [1.165, 1.54) is 4.90 Å². The Hall–Kier alpha value is -3.45. The molecule has 3 rings (SSSR count). The molecule has 2 aromatic carbocycles. The third kappa shape index (κ3) is 12.7. The van der Waals surface area contributed by atoms with Crippen LogP contribution in [0.3, 0.4) is 0 Å². The van der Waals surface area contributed by atoms with Crippen molar-refractivity contribution in [2.45, 2.75) is 70.7 Å². The molecule has 0 bridgehead atoms. The first-order valence-corrected chi connectivity index (χ1v) is 14.9. The third-order valence-electron chi connectivity index (χ3n) is 6.13. The Balaban J connectivity index is 0.000000307. The summed E-state index contributed by atoms with van der Waals surface area (Å²) >= 11 is 17.1. The Labute approximate surface area is 271 Å². The van der Waals surface area contributed by atoms with Crippen LogP contribution in [0.4, 0.5) is 4.79 Å². The molecule has 0 radical (unpaired) electrons. The van der Waals surface area contributed by atoms with Gasteiger partial charge in [0.15, 0.2) is 0 Å². The van der Waals surface area contributed by atoms with Gasteiger partial charge in [-0.3, -0.25) is 9.59 Å². The second-order valence-corrected chi connectivity index (χ2v) is 12.3. The van der Waals surface area contributed by atoms with E-state index in [1.807, 2.05) is 0 Å². The Bertz CT molecular complexity index is 1310. The van der Waals surface area contributed by atoms with E-state index in [4.69, 9.17) is 60.8 Å². The van der Waals surface area contributed by atoms with E-state index in [0.717, 1.165) is 11.1 Å². The fourth-order valence-electron chi connectivity index (χ4n) is 3.95. The monoisotopic (exact) mass is 669 g/mol. The average Bonchev–Trinajstić information content (AvgIpc) is 3.33. The Morgan fingerprint density at radius 1 is 1.09 bits per heavy atom. The van der Waals surface area contributed by atoms with Crippen LogP contribution in [-0.2, 0) is 32.1 Å². The standard InChI is InChI=1S/C16H15Cl2NO3.C14H22N2O5S/c17-13-2-1-3-14(18)12(13)9-22-11-6-4-10(5-7-11)8-15(19)16(20)21;1-14(2,3)21-13(20)15-6-4-5-11(17)16-8-9(22)7-10(16)12(18)19/h1-7,15H,8-9,19H2,(H,20,21);10H,4-8H2,1-3H3,(H,15,20)(H,18,19)/t15-;10-/m00/s1. The molecule has 11 nitrogen and oxygen atoms in total. The van der Waals surface area contributed by atoms with Crippen molar-refractivity contribution in [3.63, 3.8) is 0 Å². The number of ether oxygens (including phenoxy) is 2. The molecule has 2 amide bonds. The normalized spacial score (nSPS) is 15.1. The van der Waals surface area contributed by atoms with Crippen molar-refractivity contribution in [1.82, 2.24) is 10.2 Å². The number of nitrogens with two attached hydrogens (primary N) is 1. The fraction of sp³-hybridized carbons (Fsp3) is 0.433. The summed E-state index contributed by atoms with van der Waals surface area (Å²) in [6.07, 6.45) is 0.527. The zero-order valence-electron chi connectivity index (χ0n) is 24.7. The van der Waals surface area contributed by atoms with Crippen LogP contribution < -0.4 is 15.8 Å². The largest absolute Gasteiger partial charge is 0.489 e. The lowest BCUT2D eigenvalue weighted by atomic mass is 10.1. The van der Waals surface area contributed by atoms with Gasteiger partial charge in [0, 0.05) is 39.9 Å². The van der Waals surface area contributed by atoms with Crippen molar-refractivity contribution in [2.75, 3.05) is 13.1 Å². The Morgan fingerprint density at radius 3 is 2.25 bits per heavy atom. The van der Waals surface area contributed by atoms with Gasteiger partial charge in [-0.05, 0) is 63.4 Å². The van der Waals surface area contributed by atoms with Gasteiger partial charge in [0.25, 0.3) is 0 Å². The lowest BCUT2D eigenvalue weighted by Gasteiger charge is -2.21. The number of aliphatic carboxylic acids is 2. The summed E-state index contributed by atoms with van der Waals surface area (Å²) in [5.41, 5.74) is 6.48. The number of carbonyl (C=O) groups is 4. The smallest absolute Gasteiger partial charge is 0.407 e. The average molecular weight is 671 g/mol. The van der Waals surface area contributed by atoms with E-state index in [-0.39, 0.29) is 44.9 Å². The summed E-state index contributed by atoms with van der Waals surface area (Å²) in [6, 6.07) is 10.6. The maximum atomic E-state index is 12.0. The summed E-state index contributed by atoms with van der Waals surface area (Å²) in [5.74, 6) is -1.68. The van der Waals surface area contributed by atoms with Gasteiger partial charge < -0.3 is 35.6 Å². The molecule has 0 unspecified atom stereocenters. The van der Waals surface area contributed by atoms with Crippen molar-refractivity contribution < 1.29 is 38.9 Å². The number of nitrogens with zero attached hydrogens (tertiary/aromatic N) is 1. The molecule has 2 aromatic rings. The summed E-state index contributed by atoms with van der Waals surface area (Å²) in [6.45, 7) is 6.04. The van der Waals surface area contributed by atoms with Gasteiger partial charge in [-0.15, -0.1) is 0 Å². The second kappa shape index (κ2) is 17.1. The number of alkyl carbamates (subject to hydrolysis) is 1. The number of rotatable bonds is 11. The molecule has 1 saturated heterocycles. The summed E-state index contributed by atoms with van der Waals surface area (Å²) < 4.78 is 10.7. The molecule has 240 valence electrons. The number of carbonyl (C=O) groups excluding carboxylic acids is 2. The van der Waals surface area contributed by atoms with Crippen LogP contribution in [0.2, 0.25) is 10.0 Å². The maximum absolute atomic E-state index is 12.0. The molecule has 44 heavy (non-hydrogen) atoms. The quantitative estimate of drug-likeness (QED) is 0.191. The number of carboxylic acid groups (broad SMARTS) is 2. The molecule has 0 saturated carbocycles. The van der Waals surface area contributed by atoms with Crippen LogP contribution in [-0.4, -0.2) is 74.7 Å². The van der Waals surface area contributed by atoms with Crippen LogP contribution in [0.1, 0.15) is 51.2 Å². The first-order valence-electron chi connectivity index (χ1n) is 13.7. The number of carboxylic acids is 2. The molecule has 1 aliphatic heterocycles. The van der Waals surface area contributed by atoms with Crippen LogP contribution in [0.25, 0.3) is 0 Å². The zero-order chi connectivity index (χ0) is 33.0. The summed E-state index contributed by atoms with van der Waals surface area (Å²) in [5, 5.41) is 21.5. The van der Waals surface area contributed by atoms with Gasteiger partial charge in [0.05, 0.1) is 6.54 Å². The van der Waals surface area contributed by atoms with E-state index in [9.17, 15) is 19.2 Å². The zero-order valence-corrected chi connectivity index (χ0v) is 27.0. The molecule has 0 aromatic heterocycles. The Kier molecular flexibility index (Phi) is 14.3. The molecule has 1 fully saturated rings. The number of likely N-dealkylation sites (tertiary alicyclic amines) is 1. The van der Waals surface area contributed by atoms with Crippen LogP contribution in [0, 0.1) is 0 Å². The van der Waals surface area contributed by atoms with Gasteiger partial charge in [0.1, 0.15) is 30.0 Å². The summed E-state index contributed by atoms with van der Waals surface area (Å²) in [7, 11) is 0. The third-order valence-corrected chi connectivity index (χ3v) is 7.13. The fourth-order valence-corrected chi connectivity index (χ4v) is 4.75. The van der Waals surface area contributed by atoms with Crippen molar-refractivity contribution in [2.24, 2.45) is 5.73 Å². The maximum Gasteiger partial charge on any atom is 0.407 e. The molecule has 2 atom stereocenters. The SMILES string of the molecule is CC(C)(C)OC(=O)NCCCC(=O)N1CC(=S)C[C@H]1C(=O)O.N[C@@H](Cc1ccc(OCc2c(Cl)cccc2Cl)cc1)C(=O)O. The highest BCUT2D eigenvalue weighted by Gasteiger charge is 2.36. The van der Waals surface area contributed by atoms with Crippen molar-refractivity contribution in [1.29, 1.82) is 0 Å². The van der Waals surface area contributed by atoms with E-state index < -0.39 is 35.7 Å². The molecule has 1 heterocycles. The minimum absolute atomic E-state index is 0.155. The molecular formula is C30H37Cl2N3O8S. The number of halogens is 2. The second-order valence-electron chi connectivity index (χ2n) is 10.9. The number of hydrogen-bond acceptors (Lipinski definition) is 8. The highest BCUT2D eigenvalue weighted by atomic mass is 35.5. The Morgan fingerprint density at radius 2 is 1.70 bits per heavy atom. The van der Waals surface area contributed by atoms with Crippen LogP contribution >= 0.6 is 35.4 Å². The van der Waals surface area contributed by atoms with Crippen LogP contribution in [0.15, 0.2) is 42.5 Å². The van der Waals surface area contributed by atoms with E-state index in [0.29, 0.717) is 27.1 Å². The van der Waals surface area contributed by atoms with Crippen molar-refractivity contribution in [3.8, 4) is 5.75 Å². The molecule has 14 heteroatoms. The van der Waals surface area contributed by atoms with Crippen LogP contribution in [0.5, 0.6) is 5.75 Å². The highest BCUT2D eigenvalue weighted by Crippen LogP contribution is 2.26. The van der Waals surface area contributed by atoms with E-state index in [2.05, 4.69) is 5.32 Å². The number of hydrogen-bond donors (Lipinski definition) is 4. The number of nitrogens with one attached hydrogen (secondary N) is 1. The lowest BCUT2D eigenvalue weighted by molar-refractivity contribution is -0.148. The predicted octanol–water partition coefficient (Wildman–Crippen LogP) is 4.87. The van der Waals surface area contributed by atoms with E-state index in [1.54, 1.807) is 63.2 Å². The molecular weight excluding hydrogens is 633 g/mol. The predicted molar refractivity (Wildman–Crippen MR) is 170 cm³/mol. The van der Waals surface area contributed by atoms with Gasteiger partial charge in [-0.25, -0.2) is 9.59 Å². The topological polar surface area (TPSA) is 168 Å². The minimum atomic E-state index is -1.04. The van der Waals surface area contributed by atoms with Gasteiger partial charge >= 0.3 is 18.0 Å². The number of thiocarbonyl (C=S) groups is 1. The van der Waals surface area contributed by atoms with Crippen molar-refractivity contribution >= 4 is 64.2 Å². The summed E-state index contributed by atoms with van der Waals surface area (Å²) in [4.78, 5) is 47.1. The number of amides is 2. The van der Waals surface area contributed by atoms with E-state index >= 15 is 0 Å². The lowest BCUT2D eigenvalue weighted by Crippen LogP contribution is -2.40. The highest BCUT2D eigenvalue weighted by molar-refractivity contribution is 7.80. The first-order chi connectivity index (χ1) is 20.6. The molecule has 5 N–H and O–H groups in total. The van der Waals surface area contributed by atoms with Gasteiger partial charge in [-0.2, -0.15) is 0 Å². The number of benzene rings is 2.